The molecule has 1 N–H and O–H groups in total. The molecule has 0 atom stereocenters. The molecule has 2 aliphatic rings. The van der Waals surface area contributed by atoms with Crippen LogP contribution in [0.15, 0.2) is 42.6 Å². The number of nitrogens with zero attached hydrogens (tertiary/aromatic N) is 3. The maximum absolute atomic E-state index is 13.8. The Bertz CT molecular complexity index is 1130. The molecular weight excluding hydrogens is 431 g/mol. The number of benzene rings is 2. The Labute approximate surface area is 200 Å². The van der Waals surface area contributed by atoms with E-state index in [2.05, 4.69) is 35.1 Å². The van der Waals surface area contributed by atoms with E-state index in [1.54, 1.807) is 11.1 Å². The zero-order valence-electron chi connectivity index (χ0n) is 19.8. The Morgan fingerprint density at radius 1 is 1.12 bits per heavy atom. The van der Waals surface area contributed by atoms with Crippen LogP contribution < -0.4 is 5.01 Å². The number of amides is 1. The Kier molecular flexibility index (Phi) is 6.94. The number of hydrogen-bond acceptors (Lipinski definition) is 4. The van der Waals surface area contributed by atoms with Gasteiger partial charge in [-0.1, -0.05) is 6.07 Å². The van der Waals surface area contributed by atoms with Crippen molar-refractivity contribution in [2.75, 3.05) is 50.9 Å². The van der Waals surface area contributed by atoms with Crippen molar-refractivity contribution in [3.05, 3.63) is 65.1 Å². The number of morpholine rings is 1. The zero-order chi connectivity index (χ0) is 23.5. The maximum atomic E-state index is 13.8. The number of aromatic amines is 1. The average Bonchev–Trinajstić information content (AvgIpc) is 3.28. The minimum Gasteiger partial charge on any atom is -0.379 e. The third-order valence-electron chi connectivity index (χ3n) is 7.39. The molecule has 0 saturated carbocycles. The molecule has 0 unspecified atom stereocenters. The SMILES string of the molecule is Cc1ccc(N(C=O)N2CCOCC2)cc1CCN1CCC(c2c[nH]c3ccc(F)cc23)CC1. The summed E-state index contributed by atoms with van der Waals surface area (Å²) in [5.74, 6) is 0.289. The van der Waals surface area contributed by atoms with Gasteiger partial charge in [0.25, 0.3) is 0 Å². The van der Waals surface area contributed by atoms with Gasteiger partial charge in [-0.15, -0.1) is 0 Å². The van der Waals surface area contributed by atoms with Crippen molar-refractivity contribution < 1.29 is 13.9 Å². The van der Waals surface area contributed by atoms with Crippen LogP contribution in [0.5, 0.6) is 0 Å². The highest BCUT2D eigenvalue weighted by atomic mass is 19.1. The van der Waals surface area contributed by atoms with E-state index in [1.807, 2.05) is 17.1 Å². The zero-order valence-corrected chi connectivity index (χ0v) is 19.8. The molecule has 180 valence electrons. The lowest BCUT2D eigenvalue weighted by atomic mass is 9.89. The number of aryl methyl sites for hydroxylation is 1. The monoisotopic (exact) mass is 464 g/mol. The molecule has 1 amide bonds. The number of hydrogen-bond donors (Lipinski definition) is 1. The van der Waals surface area contributed by atoms with Crippen LogP contribution in [0.3, 0.4) is 0 Å². The normalized spacial score (nSPS) is 18.4. The van der Waals surface area contributed by atoms with Crippen molar-refractivity contribution in [3.63, 3.8) is 0 Å². The van der Waals surface area contributed by atoms with E-state index < -0.39 is 0 Å². The summed E-state index contributed by atoms with van der Waals surface area (Å²) < 4.78 is 19.2. The number of ether oxygens (including phenoxy) is 1. The smallest absolute Gasteiger partial charge is 0.228 e. The lowest BCUT2D eigenvalue weighted by Crippen LogP contribution is -2.48. The van der Waals surface area contributed by atoms with Crippen LogP contribution in [-0.2, 0) is 16.0 Å². The van der Waals surface area contributed by atoms with Crippen LogP contribution in [0.1, 0.15) is 35.4 Å². The van der Waals surface area contributed by atoms with Crippen molar-refractivity contribution in [2.24, 2.45) is 0 Å². The first-order chi connectivity index (χ1) is 16.6. The van der Waals surface area contributed by atoms with Gasteiger partial charge in [0.2, 0.25) is 6.41 Å². The Morgan fingerprint density at radius 2 is 1.91 bits per heavy atom. The van der Waals surface area contributed by atoms with Gasteiger partial charge < -0.3 is 14.6 Å². The van der Waals surface area contributed by atoms with Gasteiger partial charge in [0.1, 0.15) is 5.82 Å². The second-order valence-corrected chi connectivity index (χ2v) is 9.43. The Hall–Kier alpha value is -2.74. The van der Waals surface area contributed by atoms with Gasteiger partial charge in [-0.25, -0.2) is 14.4 Å². The summed E-state index contributed by atoms with van der Waals surface area (Å²) in [5.41, 5.74) is 5.72. The standard InChI is InChI=1S/C27H33FN4O2/c1-20-2-4-24(32(19-33)31-12-14-34-15-13-31)16-22(20)8-11-30-9-6-21(7-10-30)26-18-29-27-5-3-23(28)17-25(26)27/h2-5,16-19,21,29H,6-15H2,1H3. The molecule has 0 bridgehead atoms. The molecule has 3 heterocycles. The molecule has 7 heteroatoms. The van der Waals surface area contributed by atoms with E-state index in [0.29, 0.717) is 19.1 Å². The van der Waals surface area contributed by atoms with E-state index in [-0.39, 0.29) is 5.82 Å². The molecule has 2 fully saturated rings. The molecule has 5 rings (SSSR count). The first-order valence-corrected chi connectivity index (χ1v) is 12.3. The number of anilines is 1. The molecular formula is C27H33FN4O2. The minimum atomic E-state index is -0.176. The lowest BCUT2D eigenvalue weighted by Gasteiger charge is -2.35. The molecule has 6 nitrogen and oxygen atoms in total. The number of H-pyrrole nitrogens is 1. The number of rotatable bonds is 7. The number of carbonyl (C=O) groups excluding carboxylic acids is 1. The predicted octanol–water partition coefficient (Wildman–Crippen LogP) is 4.25. The number of piperidine rings is 1. The summed E-state index contributed by atoms with van der Waals surface area (Å²) in [6.45, 7) is 7.96. The molecule has 0 aliphatic carbocycles. The molecule has 2 aromatic carbocycles. The molecule has 0 spiro atoms. The first kappa shape index (κ1) is 23.0. The van der Waals surface area contributed by atoms with E-state index in [9.17, 15) is 9.18 Å². The number of halogens is 1. The van der Waals surface area contributed by atoms with Crippen LogP contribution in [-0.4, -0.2) is 67.2 Å². The van der Waals surface area contributed by atoms with Crippen molar-refractivity contribution in [1.82, 2.24) is 14.9 Å². The van der Waals surface area contributed by atoms with Gasteiger partial charge in [0, 0.05) is 36.7 Å². The number of carbonyl (C=O) groups is 1. The number of aromatic nitrogens is 1. The third kappa shape index (κ3) is 4.87. The van der Waals surface area contributed by atoms with Gasteiger partial charge in [0.05, 0.1) is 18.9 Å². The highest BCUT2D eigenvalue weighted by Crippen LogP contribution is 2.33. The average molecular weight is 465 g/mol. The van der Waals surface area contributed by atoms with Crippen LogP contribution in [0.4, 0.5) is 10.1 Å². The second kappa shape index (κ2) is 10.3. The molecule has 0 radical (unpaired) electrons. The lowest BCUT2D eigenvalue weighted by molar-refractivity contribution is -0.111. The van der Waals surface area contributed by atoms with Gasteiger partial charge in [-0.05, 0) is 92.2 Å². The summed E-state index contributed by atoms with van der Waals surface area (Å²) in [7, 11) is 0. The van der Waals surface area contributed by atoms with E-state index in [1.165, 1.54) is 22.8 Å². The first-order valence-electron chi connectivity index (χ1n) is 12.3. The van der Waals surface area contributed by atoms with Crippen molar-refractivity contribution in [2.45, 2.75) is 32.1 Å². The molecule has 3 aromatic rings. The summed E-state index contributed by atoms with van der Waals surface area (Å²) in [4.78, 5) is 17.7. The highest BCUT2D eigenvalue weighted by Gasteiger charge is 2.23. The van der Waals surface area contributed by atoms with Crippen molar-refractivity contribution in [1.29, 1.82) is 0 Å². The fourth-order valence-corrected chi connectivity index (χ4v) is 5.33. The largest absolute Gasteiger partial charge is 0.379 e. The minimum absolute atomic E-state index is 0.176. The molecule has 34 heavy (non-hydrogen) atoms. The number of nitrogens with one attached hydrogen (secondary N) is 1. The topological polar surface area (TPSA) is 51.8 Å². The number of fused-ring (bicyclic) bond motifs is 1. The van der Waals surface area contributed by atoms with Crippen LogP contribution in [0, 0.1) is 12.7 Å². The van der Waals surface area contributed by atoms with Crippen LogP contribution >= 0.6 is 0 Å². The summed E-state index contributed by atoms with van der Waals surface area (Å²) in [5, 5.41) is 4.79. The number of likely N-dealkylation sites (tertiary alicyclic amines) is 1. The van der Waals surface area contributed by atoms with Gasteiger partial charge in [-0.2, -0.15) is 0 Å². The fraction of sp³-hybridized carbons (Fsp3) is 0.444. The van der Waals surface area contributed by atoms with E-state index in [4.69, 9.17) is 4.74 Å². The summed E-state index contributed by atoms with van der Waals surface area (Å²) >= 11 is 0. The Balaban J connectivity index is 1.20. The number of hydrazine groups is 1. The molecule has 1 aromatic heterocycles. The van der Waals surface area contributed by atoms with Gasteiger partial charge in [0.15, 0.2) is 0 Å². The van der Waals surface area contributed by atoms with Gasteiger partial charge >= 0.3 is 0 Å². The van der Waals surface area contributed by atoms with Crippen molar-refractivity contribution in [3.8, 4) is 0 Å². The third-order valence-corrected chi connectivity index (χ3v) is 7.39. The van der Waals surface area contributed by atoms with Crippen LogP contribution in [0.25, 0.3) is 10.9 Å². The van der Waals surface area contributed by atoms with E-state index in [0.717, 1.165) is 75.0 Å². The maximum Gasteiger partial charge on any atom is 0.228 e. The predicted molar refractivity (Wildman–Crippen MR) is 132 cm³/mol. The fourth-order valence-electron chi connectivity index (χ4n) is 5.33. The highest BCUT2D eigenvalue weighted by molar-refractivity contribution is 5.83. The summed E-state index contributed by atoms with van der Waals surface area (Å²) in [6.07, 6.45) is 6.09. The molecule has 2 saturated heterocycles. The van der Waals surface area contributed by atoms with Gasteiger partial charge in [-0.3, -0.25) is 4.79 Å². The second-order valence-electron chi connectivity index (χ2n) is 9.43. The summed E-state index contributed by atoms with van der Waals surface area (Å²) in [6, 6.07) is 11.3. The van der Waals surface area contributed by atoms with Crippen molar-refractivity contribution >= 4 is 23.0 Å². The Morgan fingerprint density at radius 3 is 2.68 bits per heavy atom. The van der Waals surface area contributed by atoms with Crippen LogP contribution in [0.2, 0.25) is 0 Å². The quantitative estimate of drug-likeness (QED) is 0.531. The van der Waals surface area contributed by atoms with E-state index >= 15 is 0 Å². The molecule has 2 aliphatic heterocycles.